The molecule has 4 heteroatoms. The Balaban J connectivity index is 2.23. The van der Waals surface area contributed by atoms with E-state index in [0.717, 1.165) is 10.8 Å². The molecule has 0 aliphatic carbocycles. The van der Waals surface area contributed by atoms with E-state index in [-0.39, 0.29) is 11.8 Å². The summed E-state index contributed by atoms with van der Waals surface area (Å²) in [5.41, 5.74) is 0.531. The van der Waals surface area contributed by atoms with Crippen LogP contribution in [0, 0.1) is 5.92 Å². The summed E-state index contributed by atoms with van der Waals surface area (Å²) in [5, 5.41) is 4.80. The molecule has 2 rings (SSSR count). The van der Waals surface area contributed by atoms with Crippen molar-refractivity contribution in [3.8, 4) is 0 Å². The van der Waals surface area contributed by atoms with E-state index in [1.165, 1.54) is 7.11 Å². The largest absolute Gasteiger partial charge is 0.467 e. The fourth-order valence-electron chi connectivity index (χ4n) is 2.18. The van der Waals surface area contributed by atoms with Crippen LogP contribution in [0.1, 0.15) is 24.2 Å². The summed E-state index contributed by atoms with van der Waals surface area (Å²) in [6.45, 7) is 3.73. The first kappa shape index (κ1) is 15.0. The van der Waals surface area contributed by atoms with Gasteiger partial charge in [0.1, 0.15) is 6.04 Å². The van der Waals surface area contributed by atoms with Crippen LogP contribution in [0.5, 0.6) is 0 Å². The van der Waals surface area contributed by atoms with Crippen LogP contribution in [0.15, 0.2) is 42.5 Å². The third-order valence-electron chi connectivity index (χ3n) is 3.42. The van der Waals surface area contributed by atoms with Gasteiger partial charge in [-0.05, 0) is 28.8 Å². The van der Waals surface area contributed by atoms with Gasteiger partial charge in [0.2, 0.25) is 0 Å². The lowest BCUT2D eigenvalue weighted by Crippen LogP contribution is -2.45. The van der Waals surface area contributed by atoms with Gasteiger partial charge in [-0.2, -0.15) is 0 Å². The predicted molar refractivity (Wildman–Crippen MR) is 82.1 cm³/mol. The summed E-state index contributed by atoms with van der Waals surface area (Å²) in [6, 6.07) is 12.6. The summed E-state index contributed by atoms with van der Waals surface area (Å²) >= 11 is 0. The molecule has 0 aromatic heterocycles. The lowest BCUT2D eigenvalue weighted by atomic mass is 10.0. The van der Waals surface area contributed by atoms with E-state index in [4.69, 9.17) is 4.74 Å². The summed E-state index contributed by atoms with van der Waals surface area (Å²) in [7, 11) is 1.32. The number of ether oxygens (including phenoxy) is 1. The first-order valence-corrected chi connectivity index (χ1v) is 6.90. The third kappa shape index (κ3) is 3.40. The van der Waals surface area contributed by atoms with Gasteiger partial charge in [0.15, 0.2) is 0 Å². The summed E-state index contributed by atoms with van der Waals surface area (Å²) in [5.74, 6) is -0.745. The zero-order valence-corrected chi connectivity index (χ0v) is 12.4. The molecule has 1 amide bonds. The van der Waals surface area contributed by atoms with Crippen LogP contribution in [-0.2, 0) is 9.53 Å². The number of hydrogen-bond donors (Lipinski definition) is 1. The van der Waals surface area contributed by atoms with Crippen molar-refractivity contribution < 1.29 is 14.3 Å². The number of rotatable bonds is 4. The average molecular weight is 285 g/mol. The molecule has 0 heterocycles. The number of amides is 1. The maximum Gasteiger partial charge on any atom is 0.328 e. The molecule has 1 N–H and O–H groups in total. The lowest BCUT2D eigenvalue weighted by Gasteiger charge is -2.19. The van der Waals surface area contributed by atoms with Crippen molar-refractivity contribution in [2.75, 3.05) is 7.11 Å². The lowest BCUT2D eigenvalue weighted by molar-refractivity contribution is -0.144. The number of nitrogens with one attached hydrogen (secondary N) is 1. The van der Waals surface area contributed by atoms with Gasteiger partial charge in [0.25, 0.3) is 5.91 Å². The quantitative estimate of drug-likeness (QED) is 0.879. The summed E-state index contributed by atoms with van der Waals surface area (Å²) < 4.78 is 4.73. The smallest absolute Gasteiger partial charge is 0.328 e. The topological polar surface area (TPSA) is 55.4 Å². The number of benzene rings is 2. The van der Waals surface area contributed by atoms with Crippen molar-refractivity contribution in [2.45, 2.75) is 19.9 Å². The molecular formula is C17H19NO3. The molecule has 0 aliphatic rings. The SMILES string of the molecule is COC(=O)[C@@H](NC(=O)c1ccc2ccccc2c1)C(C)C. The van der Waals surface area contributed by atoms with E-state index in [1.54, 1.807) is 6.07 Å². The second-order valence-electron chi connectivity index (χ2n) is 5.28. The van der Waals surface area contributed by atoms with Gasteiger partial charge >= 0.3 is 5.97 Å². The van der Waals surface area contributed by atoms with Crippen LogP contribution in [0.25, 0.3) is 10.8 Å². The molecule has 2 aromatic rings. The van der Waals surface area contributed by atoms with Crippen LogP contribution in [-0.4, -0.2) is 25.0 Å². The van der Waals surface area contributed by atoms with Crippen molar-refractivity contribution in [3.63, 3.8) is 0 Å². The number of esters is 1. The maximum absolute atomic E-state index is 12.3. The highest BCUT2D eigenvalue weighted by Crippen LogP contribution is 2.16. The van der Waals surface area contributed by atoms with E-state index in [2.05, 4.69) is 5.32 Å². The standard InChI is InChI=1S/C17H19NO3/c1-11(2)15(17(20)21-3)18-16(19)14-9-8-12-6-4-5-7-13(12)10-14/h4-11,15H,1-3H3,(H,18,19)/t15-/m0/s1. The van der Waals surface area contributed by atoms with Gasteiger partial charge in [-0.3, -0.25) is 4.79 Å². The minimum atomic E-state index is -0.644. The zero-order chi connectivity index (χ0) is 15.4. The molecule has 0 saturated carbocycles. The van der Waals surface area contributed by atoms with E-state index >= 15 is 0 Å². The average Bonchev–Trinajstić information content (AvgIpc) is 2.50. The molecule has 0 fully saturated rings. The van der Waals surface area contributed by atoms with Crippen LogP contribution in [0.2, 0.25) is 0 Å². The Bertz CT molecular complexity index is 664. The fraction of sp³-hybridized carbons (Fsp3) is 0.294. The van der Waals surface area contributed by atoms with Gasteiger partial charge in [0.05, 0.1) is 7.11 Å². The van der Waals surface area contributed by atoms with Crippen molar-refractivity contribution in [1.82, 2.24) is 5.32 Å². The molecule has 4 nitrogen and oxygen atoms in total. The minimum absolute atomic E-state index is 0.0399. The first-order valence-electron chi connectivity index (χ1n) is 6.90. The van der Waals surface area contributed by atoms with E-state index in [1.807, 2.05) is 50.2 Å². The maximum atomic E-state index is 12.3. The monoisotopic (exact) mass is 285 g/mol. The van der Waals surface area contributed by atoms with E-state index in [9.17, 15) is 9.59 Å². The van der Waals surface area contributed by atoms with Crippen LogP contribution >= 0.6 is 0 Å². The Kier molecular flexibility index (Phi) is 4.58. The molecular weight excluding hydrogens is 266 g/mol. The number of carbonyl (C=O) groups excluding carboxylic acids is 2. The summed E-state index contributed by atoms with van der Waals surface area (Å²) in [4.78, 5) is 24.0. The molecule has 1 atom stereocenters. The van der Waals surface area contributed by atoms with Gasteiger partial charge < -0.3 is 10.1 Å². The number of hydrogen-bond acceptors (Lipinski definition) is 3. The van der Waals surface area contributed by atoms with Crippen molar-refractivity contribution in [1.29, 1.82) is 0 Å². The molecule has 0 aliphatic heterocycles. The third-order valence-corrected chi connectivity index (χ3v) is 3.42. The molecule has 0 radical (unpaired) electrons. The van der Waals surface area contributed by atoms with Gasteiger partial charge in [-0.15, -0.1) is 0 Å². The second-order valence-corrected chi connectivity index (χ2v) is 5.28. The Morgan fingerprint density at radius 1 is 1.05 bits per heavy atom. The second kappa shape index (κ2) is 6.39. The normalized spacial score (nSPS) is 12.2. The molecule has 110 valence electrons. The Labute approximate surface area is 124 Å². The number of fused-ring (bicyclic) bond motifs is 1. The van der Waals surface area contributed by atoms with E-state index in [0.29, 0.717) is 5.56 Å². The number of methoxy groups -OCH3 is 1. The Morgan fingerprint density at radius 2 is 1.71 bits per heavy atom. The molecule has 0 spiro atoms. The fourth-order valence-corrected chi connectivity index (χ4v) is 2.18. The van der Waals surface area contributed by atoms with E-state index < -0.39 is 12.0 Å². The van der Waals surface area contributed by atoms with Gasteiger partial charge in [-0.25, -0.2) is 4.79 Å². The minimum Gasteiger partial charge on any atom is -0.467 e. The van der Waals surface area contributed by atoms with Crippen LogP contribution in [0.3, 0.4) is 0 Å². The van der Waals surface area contributed by atoms with Crippen molar-refractivity contribution in [3.05, 3.63) is 48.0 Å². The van der Waals surface area contributed by atoms with Gasteiger partial charge in [-0.1, -0.05) is 44.2 Å². The highest BCUT2D eigenvalue weighted by atomic mass is 16.5. The Hall–Kier alpha value is -2.36. The van der Waals surface area contributed by atoms with Crippen LogP contribution in [0.4, 0.5) is 0 Å². The highest BCUT2D eigenvalue weighted by Gasteiger charge is 2.25. The molecule has 2 aromatic carbocycles. The van der Waals surface area contributed by atoms with Crippen molar-refractivity contribution in [2.24, 2.45) is 5.92 Å². The highest BCUT2D eigenvalue weighted by molar-refractivity contribution is 6.00. The molecule has 0 bridgehead atoms. The zero-order valence-electron chi connectivity index (χ0n) is 12.4. The summed E-state index contributed by atoms with van der Waals surface area (Å²) in [6.07, 6.45) is 0. The van der Waals surface area contributed by atoms with Gasteiger partial charge in [0, 0.05) is 5.56 Å². The molecule has 21 heavy (non-hydrogen) atoms. The Morgan fingerprint density at radius 3 is 2.33 bits per heavy atom. The first-order chi connectivity index (χ1) is 10.0. The predicted octanol–water partition coefficient (Wildman–Crippen LogP) is 2.77. The van der Waals surface area contributed by atoms with Crippen molar-refractivity contribution >= 4 is 22.6 Å². The number of carbonyl (C=O) groups is 2. The van der Waals surface area contributed by atoms with Crippen LogP contribution < -0.4 is 5.32 Å². The molecule has 0 unspecified atom stereocenters. The molecule has 0 saturated heterocycles.